The Labute approximate surface area is 168 Å². The van der Waals surface area contributed by atoms with Crippen LogP contribution in [0, 0.1) is 25.4 Å². The molecule has 0 aliphatic rings. The monoisotopic (exact) mass is 666 g/mol. The summed E-state index contributed by atoms with van der Waals surface area (Å²) in [5.74, 6) is -2.39. The van der Waals surface area contributed by atoms with Gasteiger partial charge in [0.2, 0.25) is 5.97 Å². The van der Waals surface area contributed by atoms with E-state index < -0.39 is 11.9 Å². The molecule has 23 heavy (non-hydrogen) atoms. The quantitative estimate of drug-likeness (QED) is 0.158. The Balaban J connectivity index is -0.0000000329. The van der Waals surface area contributed by atoms with Gasteiger partial charge in [0.25, 0.3) is 0 Å². The molecule has 0 aliphatic heterocycles. The van der Waals surface area contributed by atoms with Crippen molar-refractivity contribution in [2.45, 2.75) is 35.1 Å². The second-order valence-corrected chi connectivity index (χ2v) is 2.08. The maximum Gasteiger partial charge on any atom is 2.00 e. The van der Waals surface area contributed by atoms with Gasteiger partial charge in [-0.15, -0.1) is 0 Å². The van der Waals surface area contributed by atoms with Gasteiger partial charge < -0.3 is 51.8 Å². The molecule has 0 saturated heterocycles. The molecule has 0 aliphatic carbocycles. The number of carboxylic acid groups (broad SMARTS) is 2. The first kappa shape index (κ1) is 43.1. The maximum absolute atomic E-state index is 9.87. The molecule has 0 amide bonds. The third-order valence-corrected chi connectivity index (χ3v) is 0.983. The molecular weight excluding hydrogens is 640 g/mol. The topological polar surface area (TPSA) is 127 Å². The van der Waals surface area contributed by atoms with E-state index in [1.54, 1.807) is 0 Å². The van der Waals surface area contributed by atoms with Gasteiger partial charge in [-0.05, 0) is 0 Å². The van der Waals surface area contributed by atoms with Gasteiger partial charge in [0.15, 0.2) is 0 Å². The minimum atomic E-state index is -1.22. The summed E-state index contributed by atoms with van der Waals surface area (Å²) in [5.41, 5.74) is 9.33. The van der Waals surface area contributed by atoms with Crippen molar-refractivity contribution in [2.75, 3.05) is 0 Å². The fourth-order valence-corrected chi connectivity index (χ4v) is 0.346. The Morgan fingerprint density at radius 1 is 1.00 bits per heavy atom. The van der Waals surface area contributed by atoms with E-state index in [0.717, 1.165) is 12.2 Å². The van der Waals surface area contributed by atoms with Gasteiger partial charge in [-0.2, -0.15) is 6.20 Å². The SMILES string of the molecule is C.CC.CC.[CH-]=CC(=[C-]N)C(=O)O.[CH-]=CC(N)=[C-]C(=O)O.[W+2].[W+2]. The molecule has 0 heterocycles. The zero-order chi connectivity index (χ0) is 17.1. The normalized spacial score (nSPS) is 8.00. The largest absolute Gasteiger partial charge is 2.00 e. The van der Waals surface area contributed by atoms with Gasteiger partial charge in [0, 0.05) is 0 Å². The summed E-state index contributed by atoms with van der Waals surface area (Å²) in [5, 5.41) is 16.0. The van der Waals surface area contributed by atoms with Crippen LogP contribution in [0.25, 0.3) is 0 Å². The Morgan fingerprint density at radius 2 is 1.35 bits per heavy atom. The van der Waals surface area contributed by atoms with Crippen LogP contribution in [0.5, 0.6) is 0 Å². The van der Waals surface area contributed by atoms with Crippen LogP contribution in [0.1, 0.15) is 35.1 Å². The van der Waals surface area contributed by atoms with E-state index in [9.17, 15) is 9.59 Å². The molecule has 0 spiro atoms. The molecule has 0 aromatic heterocycles. The molecule has 132 valence electrons. The van der Waals surface area contributed by atoms with E-state index in [-0.39, 0.29) is 60.8 Å². The Bertz CT molecular complexity index is 355. The summed E-state index contributed by atoms with van der Waals surface area (Å²) in [7, 11) is 0. The molecule has 0 fully saturated rings. The number of hydrogen-bond acceptors (Lipinski definition) is 4. The number of carboxylic acids is 2. The van der Waals surface area contributed by atoms with Crippen LogP contribution in [0.2, 0.25) is 0 Å². The van der Waals surface area contributed by atoms with Crippen LogP contribution >= 0.6 is 0 Å². The first-order valence-corrected chi connectivity index (χ1v) is 5.68. The third-order valence-electron chi connectivity index (χ3n) is 0.983. The van der Waals surface area contributed by atoms with Crippen molar-refractivity contribution in [3.05, 3.63) is 48.9 Å². The summed E-state index contributed by atoms with van der Waals surface area (Å²) >= 11 is 0. The molecule has 0 unspecified atom stereocenters. The van der Waals surface area contributed by atoms with E-state index >= 15 is 0 Å². The summed E-state index contributed by atoms with van der Waals surface area (Å²) in [4.78, 5) is 19.6. The second kappa shape index (κ2) is 37.3. The van der Waals surface area contributed by atoms with Crippen LogP contribution in [0.3, 0.4) is 0 Å². The maximum atomic E-state index is 9.87. The van der Waals surface area contributed by atoms with Crippen LogP contribution < -0.4 is 11.5 Å². The zero-order valence-electron chi connectivity index (χ0n) is 13.0. The van der Waals surface area contributed by atoms with E-state index in [0.29, 0.717) is 0 Å². The van der Waals surface area contributed by atoms with Gasteiger partial charge in [0.1, 0.15) is 5.97 Å². The molecule has 0 aromatic carbocycles. The summed E-state index contributed by atoms with van der Waals surface area (Å²) < 4.78 is 0. The number of hydrogen-bond donors (Lipinski definition) is 4. The fourth-order valence-electron chi connectivity index (χ4n) is 0.346. The van der Waals surface area contributed by atoms with Crippen LogP contribution in [0.15, 0.2) is 23.4 Å². The molecule has 6 nitrogen and oxygen atoms in total. The Kier molecular flexibility index (Phi) is 69.8. The number of carbonyl (C=O) groups is 2. The van der Waals surface area contributed by atoms with E-state index in [1.807, 2.05) is 40.0 Å². The predicted molar refractivity (Wildman–Crippen MR) is 84.3 cm³/mol. The first-order chi connectivity index (χ1) is 9.38. The minimum absolute atomic E-state index is 0. The Morgan fingerprint density at radius 3 is 1.39 bits per heavy atom. The smallest absolute Gasteiger partial charge is 0.548 e. The van der Waals surface area contributed by atoms with Gasteiger partial charge in [0.05, 0.1) is 0 Å². The van der Waals surface area contributed by atoms with Gasteiger partial charge >= 0.3 is 42.1 Å². The van der Waals surface area contributed by atoms with Crippen LogP contribution in [0.4, 0.5) is 0 Å². The Hall–Kier alpha value is -1.12. The minimum Gasteiger partial charge on any atom is -0.548 e. The van der Waals surface area contributed by atoms with E-state index in [1.165, 1.54) is 0 Å². The van der Waals surface area contributed by atoms with Crippen molar-refractivity contribution in [3.63, 3.8) is 0 Å². The van der Waals surface area contributed by atoms with Crippen molar-refractivity contribution in [3.8, 4) is 0 Å². The molecule has 0 saturated carbocycles. The molecule has 0 atom stereocenters. The fraction of sp³-hybridized carbons (Fsp3) is 0.333. The summed E-state index contributed by atoms with van der Waals surface area (Å²) in [6, 6.07) is 0. The van der Waals surface area contributed by atoms with Gasteiger partial charge in [-0.1, -0.05) is 35.1 Å². The molecule has 0 aromatic rings. The predicted octanol–water partition coefficient (Wildman–Crippen LogP) is 2.10. The first-order valence-electron chi connectivity index (χ1n) is 5.68. The van der Waals surface area contributed by atoms with Crippen molar-refractivity contribution in [1.82, 2.24) is 0 Å². The molecular formula is C15H26N2O4W2. The van der Waals surface area contributed by atoms with Crippen molar-refractivity contribution in [2.24, 2.45) is 11.5 Å². The average Bonchev–Trinajstić information content (AvgIpc) is 2.44. The summed E-state index contributed by atoms with van der Waals surface area (Å²) in [6.45, 7) is 17.6. The van der Waals surface area contributed by atoms with Gasteiger partial charge in [-0.25, -0.2) is 6.08 Å². The molecule has 0 radical (unpaired) electrons. The second-order valence-electron chi connectivity index (χ2n) is 2.08. The van der Waals surface area contributed by atoms with Crippen molar-refractivity contribution in [1.29, 1.82) is 0 Å². The van der Waals surface area contributed by atoms with Crippen LogP contribution in [-0.4, -0.2) is 22.2 Å². The number of aliphatic carboxylic acids is 2. The number of nitrogens with two attached hydrogens (primary N) is 2. The van der Waals surface area contributed by atoms with E-state index in [4.69, 9.17) is 34.8 Å². The van der Waals surface area contributed by atoms with E-state index in [2.05, 4.69) is 0 Å². The molecule has 0 rings (SSSR count). The van der Waals surface area contributed by atoms with Crippen molar-refractivity contribution >= 4 is 11.9 Å². The van der Waals surface area contributed by atoms with Crippen LogP contribution in [-0.2, 0) is 51.7 Å². The van der Waals surface area contributed by atoms with Gasteiger partial charge in [-0.3, -0.25) is 16.1 Å². The third kappa shape index (κ3) is 44.9. The molecule has 6 N–H and O–H groups in total. The van der Waals surface area contributed by atoms with Crippen molar-refractivity contribution < 1.29 is 61.9 Å². The number of rotatable bonds is 4. The average molecular weight is 666 g/mol. The zero-order valence-corrected chi connectivity index (χ0v) is 18.9. The summed E-state index contributed by atoms with van der Waals surface area (Å²) in [6.07, 6.45) is 5.55. The standard InChI is InChI=1S/2C5H5NO2.2C2H6.CH4.2W/c1-2-4(3-6)5(7)8;1-2-4(6)3-5(7)8;2*1-2;;;/h2*1-2H,6H2,(H,7,8);2*1-2H3;1H4;;/q2*-2;;;;2*+2. The molecule has 0 bridgehead atoms. The molecule has 8 heteroatoms. The number of allylic oxidation sites excluding steroid dienone is 1.